The third-order valence-corrected chi connectivity index (χ3v) is 6.74. The molecule has 34 heavy (non-hydrogen) atoms. The van der Waals surface area contributed by atoms with Crippen molar-refractivity contribution in [3.8, 4) is 22.3 Å². The number of para-hydroxylation sites is 1. The van der Waals surface area contributed by atoms with E-state index in [2.05, 4.69) is 60.7 Å². The molecule has 0 spiro atoms. The van der Waals surface area contributed by atoms with Gasteiger partial charge in [-0.3, -0.25) is 0 Å². The van der Waals surface area contributed by atoms with Crippen molar-refractivity contribution in [3.63, 3.8) is 0 Å². The number of hydrogen-bond acceptors (Lipinski definition) is 1. The highest BCUT2D eigenvalue weighted by Crippen LogP contribution is 2.45. The Kier molecular flexibility index (Phi) is 4.09. The first kappa shape index (κ1) is 19.1. The van der Waals surface area contributed by atoms with Crippen molar-refractivity contribution in [2.24, 2.45) is 0 Å². The number of rotatable bonds is 2. The van der Waals surface area contributed by atoms with Gasteiger partial charge in [-0.15, -0.1) is 0 Å². The van der Waals surface area contributed by atoms with Crippen LogP contribution in [0, 0.1) is 5.82 Å². The summed E-state index contributed by atoms with van der Waals surface area (Å²) < 4.78 is 21.1. The van der Waals surface area contributed by atoms with E-state index in [9.17, 15) is 0 Å². The van der Waals surface area contributed by atoms with Crippen molar-refractivity contribution in [3.05, 3.63) is 121 Å². The first-order chi connectivity index (χ1) is 16.8. The second kappa shape index (κ2) is 7.29. The van der Waals surface area contributed by atoms with Gasteiger partial charge >= 0.3 is 0 Å². The van der Waals surface area contributed by atoms with Crippen LogP contribution in [0.4, 0.5) is 4.39 Å². The summed E-state index contributed by atoms with van der Waals surface area (Å²) in [4.78, 5) is 0. The van der Waals surface area contributed by atoms with Gasteiger partial charge in [-0.05, 0) is 56.9 Å². The van der Waals surface area contributed by atoms with Gasteiger partial charge in [0.05, 0.1) is 0 Å². The molecule has 0 bridgehead atoms. The standard InChI is InChI=1S/C32H19FO/c33-28-15-7-5-14-26(28)32-24-12-3-1-10-22(24)31(23-11-2-4-13-25(23)32)20-17-18-30-27(19-20)21-9-6-8-16-29(21)34-30/h1-19H. The van der Waals surface area contributed by atoms with E-state index in [1.807, 2.05) is 42.5 Å². The van der Waals surface area contributed by atoms with Crippen LogP contribution in [-0.4, -0.2) is 0 Å². The lowest BCUT2D eigenvalue weighted by atomic mass is 9.85. The van der Waals surface area contributed by atoms with Crippen molar-refractivity contribution >= 4 is 43.5 Å². The molecule has 0 saturated carbocycles. The Balaban J connectivity index is 1.64. The average Bonchev–Trinajstić information content (AvgIpc) is 3.26. The third-order valence-electron chi connectivity index (χ3n) is 6.74. The fourth-order valence-corrected chi connectivity index (χ4v) is 5.28. The van der Waals surface area contributed by atoms with Gasteiger partial charge in [-0.1, -0.05) is 91.0 Å². The van der Waals surface area contributed by atoms with Crippen LogP contribution in [0.2, 0.25) is 0 Å². The Morgan fingerprint density at radius 3 is 1.65 bits per heavy atom. The van der Waals surface area contributed by atoms with Crippen LogP contribution in [0.5, 0.6) is 0 Å². The van der Waals surface area contributed by atoms with Gasteiger partial charge in [-0.25, -0.2) is 4.39 Å². The van der Waals surface area contributed by atoms with Gasteiger partial charge in [0.2, 0.25) is 0 Å². The number of furan rings is 1. The highest BCUT2D eigenvalue weighted by molar-refractivity contribution is 6.22. The summed E-state index contributed by atoms with van der Waals surface area (Å²) in [6.07, 6.45) is 0. The maximum absolute atomic E-state index is 15.0. The molecule has 0 unspecified atom stereocenters. The fraction of sp³-hybridized carbons (Fsp3) is 0. The molecule has 7 rings (SSSR count). The Morgan fingerprint density at radius 2 is 0.971 bits per heavy atom. The minimum Gasteiger partial charge on any atom is -0.456 e. The summed E-state index contributed by atoms with van der Waals surface area (Å²) in [5.74, 6) is -0.211. The first-order valence-corrected chi connectivity index (χ1v) is 11.4. The van der Waals surface area contributed by atoms with Crippen molar-refractivity contribution in [1.82, 2.24) is 0 Å². The summed E-state index contributed by atoms with van der Waals surface area (Å²) >= 11 is 0. The average molecular weight is 439 g/mol. The van der Waals surface area contributed by atoms with Crippen LogP contribution in [-0.2, 0) is 0 Å². The Bertz CT molecular complexity index is 1820. The van der Waals surface area contributed by atoms with E-state index in [1.165, 1.54) is 6.07 Å². The quantitative estimate of drug-likeness (QED) is 0.245. The zero-order chi connectivity index (χ0) is 22.6. The van der Waals surface area contributed by atoms with Crippen LogP contribution in [0.1, 0.15) is 0 Å². The normalized spacial score (nSPS) is 11.7. The molecule has 1 nitrogen and oxygen atoms in total. The fourth-order valence-electron chi connectivity index (χ4n) is 5.28. The van der Waals surface area contributed by atoms with Crippen LogP contribution in [0.25, 0.3) is 65.7 Å². The second-order valence-corrected chi connectivity index (χ2v) is 8.63. The summed E-state index contributed by atoms with van der Waals surface area (Å²) in [5.41, 5.74) is 5.59. The Hall–Kier alpha value is -4.43. The van der Waals surface area contributed by atoms with Crippen LogP contribution < -0.4 is 0 Å². The van der Waals surface area contributed by atoms with Crippen molar-refractivity contribution in [1.29, 1.82) is 0 Å². The minimum atomic E-state index is -0.211. The molecule has 0 saturated heterocycles. The van der Waals surface area contributed by atoms with E-state index >= 15 is 4.39 Å². The molecular weight excluding hydrogens is 419 g/mol. The molecule has 0 radical (unpaired) electrons. The molecule has 0 aliphatic heterocycles. The molecule has 0 amide bonds. The van der Waals surface area contributed by atoms with Crippen LogP contribution in [0.15, 0.2) is 120 Å². The van der Waals surface area contributed by atoms with Crippen molar-refractivity contribution in [2.75, 3.05) is 0 Å². The van der Waals surface area contributed by atoms with Crippen molar-refractivity contribution < 1.29 is 8.81 Å². The van der Waals surface area contributed by atoms with Gasteiger partial charge in [-0.2, -0.15) is 0 Å². The van der Waals surface area contributed by atoms with Gasteiger partial charge < -0.3 is 4.42 Å². The third kappa shape index (κ3) is 2.72. The molecule has 0 atom stereocenters. The topological polar surface area (TPSA) is 13.1 Å². The van der Waals surface area contributed by atoms with Crippen LogP contribution >= 0.6 is 0 Å². The van der Waals surface area contributed by atoms with E-state index in [1.54, 1.807) is 6.07 Å². The largest absolute Gasteiger partial charge is 0.456 e. The molecule has 0 N–H and O–H groups in total. The number of fused-ring (bicyclic) bond motifs is 5. The molecule has 0 aliphatic rings. The summed E-state index contributed by atoms with van der Waals surface area (Å²) in [6, 6.07) is 38.2. The number of hydrogen-bond donors (Lipinski definition) is 0. The Labute approximate surface area is 195 Å². The zero-order valence-corrected chi connectivity index (χ0v) is 18.3. The molecule has 1 heterocycles. The van der Waals surface area contributed by atoms with Gasteiger partial charge in [0.1, 0.15) is 17.0 Å². The second-order valence-electron chi connectivity index (χ2n) is 8.63. The maximum Gasteiger partial charge on any atom is 0.135 e. The van der Waals surface area contributed by atoms with E-state index in [4.69, 9.17) is 4.42 Å². The molecule has 6 aromatic carbocycles. The monoisotopic (exact) mass is 438 g/mol. The lowest BCUT2D eigenvalue weighted by Gasteiger charge is -2.18. The SMILES string of the molecule is Fc1ccccc1-c1c2ccccc2c(-c2ccc3oc4ccccc4c3c2)c2ccccc12. The zero-order valence-electron chi connectivity index (χ0n) is 18.3. The van der Waals surface area contributed by atoms with Gasteiger partial charge in [0, 0.05) is 21.9 Å². The van der Waals surface area contributed by atoms with Gasteiger partial charge in [0.15, 0.2) is 0 Å². The first-order valence-electron chi connectivity index (χ1n) is 11.4. The lowest BCUT2D eigenvalue weighted by Crippen LogP contribution is -1.92. The van der Waals surface area contributed by atoms with Crippen molar-refractivity contribution in [2.45, 2.75) is 0 Å². The molecule has 0 aliphatic carbocycles. The summed E-state index contributed by atoms with van der Waals surface area (Å²) in [7, 11) is 0. The molecule has 2 heteroatoms. The van der Waals surface area contributed by atoms with E-state index in [-0.39, 0.29) is 5.82 Å². The minimum absolute atomic E-state index is 0.211. The number of benzene rings is 6. The predicted molar refractivity (Wildman–Crippen MR) is 140 cm³/mol. The van der Waals surface area contributed by atoms with E-state index in [0.29, 0.717) is 5.56 Å². The maximum atomic E-state index is 15.0. The molecule has 1 aromatic heterocycles. The highest BCUT2D eigenvalue weighted by Gasteiger charge is 2.18. The molecule has 7 aromatic rings. The Morgan fingerprint density at radius 1 is 0.441 bits per heavy atom. The van der Waals surface area contributed by atoms with E-state index in [0.717, 1.165) is 60.2 Å². The lowest BCUT2D eigenvalue weighted by molar-refractivity contribution is 0.631. The predicted octanol–water partition coefficient (Wildman–Crippen LogP) is 9.37. The molecule has 0 fully saturated rings. The summed E-state index contributed by atoms with van der Waals surface area (Å²) in [6.45, 7) is 0. The molecular formula is C32H19FO. The summed E-state index contributed by atoms with van der Waals surface area (Å²) in [5, 5.41) is 6.49. The van der Waals surface area contributed by atoms with Crippen LogP contribution in [0.3, 0.4) is 0 Å². The molecule has 160 valence electrons. The highest BCUT2D eigenvalue weighted by atomic mass is 19.1. The van der Waals surface area contributed by atoms with E-state index < -0.39 is 0 Å². The van der Waals surface area contributed by atoms with Gasteiger partial charge in [0.25, 0.3) is 0 Å². The smallest absolute Gasteiger partial charge is 0.135 e. The number of halogens is 1.